The van der Waals surface area contributed by atoms with E-state index in [-0.39, 0.29) is 0 Å². The van der Waals surface area contributed by atoms with E-state index in [1.807, 2.05) is 172 Å². The number of benzene rings is 7. The third-order valence-corrected chi connectivity index (χ3v) is 10.8. The van der Waals surface area contributed by atoms with Gasteiger partial charge in [-0.2, -0.15) is 0 Å². The van der Waals surface area contributed by atoms with E-state index in [1.165, 1.54) is 0 Å². The summed E-state index contributed by atoms with van der Waals surface area (Å²) >= 11 is 0. The molecule has 0 spiro atoms. The molecule has 0 bridgehead atoms. The van der Waals surface area contributed by atoms with Gasteiger partial charge in [-0.25, -0.2) is 0 Å². The highest BCUT2D eigenvalue weighted by molar-refractivity contribution is 6.01. The first kappa shape index (κ1) is 34.5. The topological polar surface area (TPSA) is 40.5 Å². The molecule has 0 fully saturated rings. The molecule has 0 saturated heterocycles. The second kappa shape index (κ2) is 13.8. The van der Waals surface area contributed by atoms with Crippen LogP contribution in [0.3, 0.4) is 0 Å². The summed E-state index contributed by atoms with van der Waals surface area (Å²) in [6, 6.07) is 51.1. The van der Waals surface area contributed by atoms with Crippen LogP contribution in [0.4, 0.5) is 0 Å². The molecule has 9 rings (SSSR count). The molecule has 0 heterocycles. The van der Waals surface area contributed by atoms with Crippen LogP contribution in [-0.4, -0.2) is 10.2 Å². The molecular formula is C54H34O2. The van der Waals surface area contributed by atoms with Gasteiger partial charge < -0.3 is 10.2 Å². The summed E-state index contributed by atoms with van der Waals surface area (Å²) in [6.07, 6.45) is 0. The van der Waals surface area contributed by atoms with Crippen LogP contribution in [0.1, 0.15) is 66.8 Å². The molecule has 2 N–H and O–H groups in total. The summed E-state index contributed by atoms with van der Waals surface area (Å²) < 4.78 is 0. The summed E-state index contributed by atoms with van der Waals surface area (Å²) in [7, 11) is 0. The monoisotopic (exact) mass is 714 g/mol. The van der Waals surface area contributed by atoms with Crippen LogP contribution in [0, 0.1) is 61.2 Å². The summed E-state index contributed by atoms with van der Waals surface area (Å²) in [5.41, 5.74) is 9.66. The molecule has 0 aliphatic heterocycles. The fourth-order valence-electron chi connectivity index (χ4n) is 8.05. The van der Waals surface area contributed by atoms with Crippen LogP contribution >= 0.6 is 0 Å². The van der Waals surface area contributed by atoms with Crippen molar-refractivity contribution in [3.63, 3.8) is 0 Å². The lowest BCUT2D eigenvalue weighted by molar-refractivity contribution is 0.146. The fourth-order valence-corrected chi connectivity index (χ4v) is 8.05. The maximum absolute atomic E-state index is 13.0. The maximum Gasteiger partial charge on any atom is 0.178 e. The standard InChI is InChI=1S/C54H34O2/c1-37-38(2)52-50(46-26-14-16-28-48(46)54(52,56)36-34-44-24-12-10-22-42(44)32-30-40-19-7-4-8-20-40)49-45-25-13-15-27-47(45)53(55,51(37)49)35-33-43-23-11-9-21-41(43)31-29-39-17-5-3-6-18-39/h3-28,55-56H,1-2H3/t53-,54-/m0/s1. The van der Waals surface area contributed by atoms with Crippen LogP contribution in [-0.2, 0) is 11.2 Å². The largest absolute Gasteiger partial charge is 0.369 e. The summed E-state index contributed by atoms with van der Waals surface area (Å²) in [5.74, 6) is 26.4. The number of fused-ring (bicyclic) bond motifs is 7. The van der Waals surface area contributed by atoms with Gasteiger partial charge in [-0.05, 0) is 95.8 Å². The fraction of sp³-hybridized carbons (Fsp3) is 0.0741. The summed E-state index contributed by atoms with van der Waals surface area (Å²) in [6.45, 7) is 4.02. The van der Waals surface area contributed by atoms with Crippen molar-refractivity contribution in [1.29, 1.82) is 0 Å². The Bertz CT molecular complexity index is 2780. The predicted octanol–water partition coefficient (Wildman–Crippen LogP) is 9.64. The quantitative estimate of drug-likeness (QED) is 0.154. The Morgan fingerprint density at radius 3 is 1.07 bits per heavy atom. The van der Waals surface area contributed by atoms with E-state index in [4.69, 9.17) is 0 Å². The van der Waals surface area contributed by atoms with Gasteiger partial charge >= 0.3 is 0 Å². The smallest absolute Gasteiger partial charge is 0.178 e. The molecule has 262 valence electrons. The minimum Gasteiger partial charge on any atom is -0.369 e. The van der Waals surface area contributed by atoms with Gasteiger partial charge in [0, 0.05) is 55.6 Å². The van der Waals surface area contributed by atoms with E-state index in [0.717, 1.165) is 77.9 Å². The first-order chi connectivity index (χ1) is 27.4. The van der Waals surface area contributed by atoms with Gasteiger partial charge in [-0.1, -0.05) is 157 Å². The number of rotatable bonds is 0. The zero-order valence-corrected chi connectivity index (χ0v) is 30.9. The normalized spacial score (nSPS) is 16.5. The first-order valence-electron chi connectivity index (χ1n) is 18.6. The van der Waals surface area contributed by atoms with Crippen molar-refractivity contribution in [2.75, 3.05) is 0 Å². The SMILES string of the molecule is Cc1c(C)c2c(c3c1[C@](O)(C#Cc1ccccc1C#Cc1ccccc1)c1ccccc1-3)-c1ccccc1[C@@]2(O)C#Cc1ccccc1C#Cc1ccccc1. The minimum absolute atomic E-state index is 0.705. The Kier molecular flexibility index (Phi) is 8.52. The highest BCUT2D eigenvalue weighted by Gasteiger charge is 2.50. The Balaban J connectivity index is 1.22. The van der Waals surface area contributed by atoms with E-state index in [1.54, 1.807) is 0 Å². The van der Waals surface area contributed by atoms with E-state index in [0.29, 0.717) is 11.1 Å². The lowest BCUT2D eigenvalue weighted by atomic mass is 9.80. The first-order valence-corrected chi connectivity index (χ1v) is 18.6. The molecule has 2 aliphatic carbocycles. The van der Waals surface area contributed by atoms with Crippen molar-refractivity contribution in [1.82, 2.24) is 0 Å². The highest BCUT2D eigenvalue weighted by atomic mass is 16.3. The zero-order chi connectivity index (χ0) is 38.3. The molecule has 0 amide bonds. The molecular weight excluding hydrogens is 681 g/mol. The number of aliphatic hydroxyl groups is 2. The van der Waals surface area contributed by atoms with E-state index < -0.39 is 11.2 Å². The second-order valence-electron chi connectivity index (χ2n) is 14.1. The van der Waals surface area contributed by atoms with Gasteiger partial charge in [0.15, 0.2) is 11.2 Å². The van der Waals surface area contributed by atoms with Gasteiger partial charge in [0.25, 0.3) is 0 Å². The third-order valence-electron chi connectivity index (χ3n) is 10.8. The molecule has 0 radical (unpaired) electrons. The van der Waals surface area contributed by atoms with Gasteiger partial charge in [0.2, 0.25) is 0 Å². The molecule has 2 aliphatic rings. The molecule has 2 atom stereocenters. The third kappa shape index (κ3) is 5.71. The van der Waals surface area contributed by atoms with Crippen molar-refractivity contribution in [2.24, 2.45) is 0 Å². The maximum atomic E-state index is 13.0. The molecule has 2 nitrogen and oxygen atoms in total. The van der Waals surface area contributed by atoms with Gasteiger partial charge in [0.1, 0.15) is 0 Å². The average molecular weight is 715 g/mol. The van der Waals surface area contributed by atoms with E-state index in [2.05, 4.69) is 47.4 Å². The summed E-state index contributed by atoms with van der Waals surface area (Å²) in [5, 5.41) is 25.9. The Hall–Kier alpha value is -7.30. The molecule has 56 heavy (non-hydrogen) atoms. The van der Waals surface area contributed by atoms with Crippen molar-refractivity contribution >= 4 is 0 Å². The number of hydrogen-bond acceptors (Lipinski definition) is 2. The van der Waals surface area contributed by atoms with Crippen LogP contribution in [0.2, 0.25) is 0 Å². The minimum atomic E-state index is -1.63. The second-order valence-corrected chi connectivity index (χ2v) is 14.1. The average Bonchev–Trinajstić information content (AvgIpc) is 3.66. The summed E-state index contributed by atoms with van der Waals surface area (Å²) in [4.78, 5) is 0. The van der Waals surface area contributed by atoms with Crippen LogP contribution < -0.4 is 0 Å². The van der Waals surface area contributed by atoms with Gasteiger partial charge in [-0.15, -0.1) is 0 Å². The van der Waals surface area contributed by atoms with Gasteiger partial charge in [-0.3, -0.25) is 0 Å². The van der Waals surface area contributed by atoms with Crippen LogP contribution in [0.15, 0.2) is 158 Å². The van der Waals surface area contributed by atoms with E-state index in [9.17, 15) is 10.2 Å². The lowest BCUT2D eigenvalue weighted by Gasteiger charge is -2.27. The Morgan fingerprint density at radius 1 is 0.357 bits per heavy atom. The highest BCUT2D eigenvalue weighted by Crippen LogP contribution is 2.60. The van der Waals surface area contributed by atoms with Crippen molar-refractivity contribution in [2.45, 2.75) is 25.0 Å². The molecule has 0 saturated carbocycles. The van der Waals surface area contributed by atoms with Crippen LogP contribution in [0.5, 0.6) is 0 Å². The van der Waals surface area contributed by atoms with Crippen LogP contribution in [0.25, 0.3) is 22.3 Å². The predicted molar refractivity (Wildman–Crippen MR) is 224 cm³/mol. The molecule has 7 aromatic carbocycles. The molecule has 7 aromatic rings. The zero-order valence-electron chi connectivity index (χ0n) is 30.9. The van der Waals surface area contributed by atoms with E-state index >= 15 is 0 Å². The molecule has 2 heteroatoms. The Labute approximate surface area is 328 Å². The van der Waals surface area contributed by atoms with Gasteiger partial charge in [0.05, 0.1) is 0 Å². The molecule has 0 unspecified atom stereocenters. The lowest BCUT2D eigenvalue weighted by Crippen LogP contribution is -2.26. The Morgan fingerprint density at radius 2 is 0.679 bits per heavy atom. The van der Waals surface area contributed by atoms with Crippen molar-refractivity contribution in [3.8, 4) is 69.6 Å². The van der Waals surface area contributed by atoms with Crippen molar-refractivity contribution < 1.29 is 10.2 Å². The molecule has 0 aromatic heterocycles. The number of hydrogen-bond donors (Lipinski definition) is 2. The van der Waals surface area contributed by atoms with Crippen molar-refractivity contribution in [3.05, 3.63) is 224 Å².